The molecule has 2 aliphatic rings. The molecule has 0 aliphatic heterocycles. The van der Waals surface area contributed by atoms with Gasteiger partial charge in [-0.15, -0.1) is 0 Å². The number of aliphatic hydroxyl groups is 1. The van der Waals surface area contributed by atoms with Crippen LogP contribution in [-0.2, 0) is 10.3 Å². The van der Waals surface area contributed by atoms with E-state index in [1.165, 1.54) is 0 Å². The topological polar surface area (TPSA) is 38.7 Å². The summed E-state index contributed by atoms with van der Waals surface area (Å²) in [6.07, 6.45) is 4.84. The van der Waals surface area contributed by atoms with Crippen LogP contribution in [0.1, 0.15) is 31.2 Å². The Hall–Kier alpha value is -1.06. The Morgan fingerprint density at radius 1 is 1.28 bits per heavy atom. The number of ether oxygens (including phenoxy) is 2. The molecule has 3 rings (SSSR count). The molecule has 18 heavy (non-hydrogen) atoms. The number of hydrogen-bond donors (Lipinski definition) is 1. The number of methoxy groups -OCH3 is 1. The summed E-state index contributed by atoms with van der Waals surface area (Å²) in [7, 11) is 1.64. The Morgan fingerprint density at radius 3 is 2.67 bits per heavy atom. The summed E-state index contributed by atoms with van der Waals surface area (Å²) in [5.41, 5.74) is 0.0718. The summed E-state index contributed by atoms with van der Waals surface area (Å²) in [4.78, 5) is 0. The van der Waals surface area contributed by atoms with Gasteiger partial charge in [0, 0.05) is 7.11 Å². The molecule has 0 amide bonds. The molecule has 0 spiro atoms. The van der Waals surface area contributed by atoms with Crippen LogP contribution in [0.5, 0.6) is 5.75 Å². The van der Waals surface area contributed by atoms with Crippen LogP contribution >= 0.6 is 0 Å². The fraction of sp³-hybridized carbons (Fsp3) is 0.600. The Kier molecular flexibility index (Phi) is 3.04. The minimum atomic E-state index is -0.850. The average Bonchev–Trinajstić information content (AvgIpc) is 3.23. The maximum atomic E-state index is 10.8. The smallest absolute Gasteiger partial charge is 0.120 e. The van der Waals surface area contributed by atoms with Crippen molar-refractivity contribution in [3.05, 3.63) is 29.8 Å². The van der Waals surface area contributed by atoms with Gasteiger partial charge in [-0.3, -0.25) is 0 Å². The highest BCUT2D eigenvalue weighted by atomic mass is 16.5. The lowest BCUT2D eigenvalue weighted by atomic mass is 9.89. The molecule has 2 fully saturated rings. The number of hydrogen-bond acceptors (Lipinski definition) is 3. The third-order valence-electron chi connectivity index (χ3n) is 3.78. The third-order valence-corrected chi connectivity index (χ3v) is 3.78. The van der Waals surface area contributed by atoms with Crippen LogP contribution < -0.4 is 4.74 Å². The van der Waals surface area contributed by atoms with E-state index in [0.717, 1.165) is 37.0 Å². The maximum Gasteiger partial charge on any atom is 0.120 e. The molecule has 0 radical (unpaired) electrons. The van der Waals surface area contributed by atoms with Gasteiger partial charge in [0.25, 0.3) is 0 Å². The standard InChI is InChI=1S/C15H20O3/c1-17-10-15(16,11-5-6-11)12-3-2-4-14(9-12)18-13-7-8-13/h2-4,9,11,13,16H,5-8,10H2,1H3. The van der Waals surface area contributed by atoms with Crippen molar-refractivity contribution < 1.29 is 14.6 Å². The van der Waals surface area contributed by atoms with Crippen LogP contribution in [0.4, 0.5) is 0 Å². The van der Waals surface area contributed by atoms with Crippen molar-refractivity contribution in [2.75, 3.05) is 13.7 Å². The van der Waals surface area contributed by atoms with Crippen molar-refractivity contribution >= 4 is 0 Å². The van der Waals surface area contributed by atoms with Gasteiger partial charge in [-0.25, -0.2) is 0 Å². The van der Waals surface area contributed by atoms with Gasteiger partial charge >= 0.3 is 0 Å². The lowest BCUT2D eigenvalue weighted by molar-refractivity contribution is -0.0534. The molecular weight excluding hydrogens is 228 g/mol. The molecule has 2 saturated carbocycles. The third kappa shape index (κ3) is 2.38. The Balaban J connectivity index is 1.83. The van der Waals surface area contributed by atoms with Crippen molar-refractivity contribution in [3.8, 4) is 5.75 Å². The van der Waals surface area contributed by atoms with Crippen molar-refractivity contribution in [1.82, 2.24) is 0 Å². The summed E-state index contributed by atoms with van der Waals surface area (Å²) >= 11 is 0. The lowest BCUT2D eigenvalue weighted by Gasteiger charge is -2.28. The molecule has 98 valence electrons. The van der Waals surface area contributed by atoms with Crippen molar-refractivity contribution in [2.45, 2.75) is 37.4 Å². The first-order valence-corrected chi connectivity index (χ1v) is 6.71. The van der Waals surface area contributed by atoms with E-state index in [4.69, 9.17) is 9.47 Å². The van der Waals surface area contributed by atoms with Crippen LogP contribution in [0.15, 0.2) is 24.3 Å². The molecule has 1 atom stereocenters. The molecule has 0 bridgehead atoms. The molecule has 1 aromatic carbocycles. The Morgan fingerprint density at radius 2 is 2.06 bits per heavy atom. The van der Waals surface area contributed by atoms with E-state index in [9.17, 15) is 5.11 Å². The molecule has 0 heterocycles. The van der Waals surface area contributed by atoms with Gasteiger partial charge in [0.1, 0.15) is 11.4 Å². The van der Waals surface area contributed by atoms with E-state index in [0.29, 0.717) is 18.6 Å². The molecule has 2 aliphatic carbocycles. The first-order valence-electron chi connectivity index (χ1n) is 6.71. The van der Waals surface area contributed by atoms with E-state index in [1.807, 2.05) is 24.3 Å². The second kappa shape index (κ2) is 4.56. The van der Waals surface area contributed by atoms with Crippen molar-refractivity contribution in [3.63, 3.8) is 0 Å². The number of benzene rings is 1. The van der Waals surface area contributed by atoms with E-state index in [1.54, 1.807) is 7.11 Å². The van der Waals surface area contributed by atoms with Gasteiger partial charge in [-0.05, 0) is 49.3 Å². The fourth-order valence-corrected chi connectivity index (χ4v) is 2.43. The molecule has 0 saturated heterocycles. The molecule has 3 heteroatoms. The largest absolute Gasteiger partial charge is 0.490 e. The molecular formula is C15H20O3. The maximum absolute atomic E-state index is 10.8. The predicted molar refractivity (Wildman–Crippen MR) is 68.6 cm³/mol. The van der Waals surface area contributed by atoms with Crippen molar-refractivity contribution in [1.29, 1.82) is 0 Å². The first-order chi connectivity index (χ1) is 8.72. The molecule has 3 nitrogen and oxygen atoms in total. The van der Waals surface area contributed by atoms with Crippen molar-refractivity contribution in [2.24, 2.45) is 5.92 Å². The highest BCUT2D eigenvalue weighted by Crippen LogP contribution is 2.46. The van der Waals surface area contributed by atoms with Crippen LogP contribution in [-0.4, -0.2) is 24.9 Å². The monoisotopic (exact) mass is 248 g/mol. The van der Waals surface area contributed by atoms with E-state index < -0.39 is 5.60 Å². The van der Waals surface area contributed by atoms with E-state index >= 15 is 0 Å². The summed E-state index contributed by atoms with van der Waals surface area (Å²) in [6, 6.07) is 7.85. The second-order valence-corrected chi connectivity index (χ2v) is 5.48. The Bertz CT molecular complexity index is 424. The SMILES string of the molecule is COCC(O)(c1cccc(OC2CC2)c1)C1CC1. The van der Waals surface area contributed by atoms with Crippen LogP contribution in [0, 0.1) is 5.92 Å². The van der Waals surface area contributed by atoms with E-state index in [-0.39, 0.29) is 0 Å². The minimum Gasteiger partial charge on any atom is -0.490 e. The van der Waals surface area contributed by atoms with Gasteiger partial charge in [-0.1, -0.05) is 12.1 Å². The van der Waals surface area contributed by atoms with Gasteiger partial charge < -0.3 is 14.6 Å². The van der Waals surface area contributed by atoms with Gasteiger partial charge in [0.15, 0.2) is 0 Å². The molecule has 1 unspecified atom stereocenters. The normalized spacial score (nSPS) is 22.6. The summed E-state index contributed by atoms with van der Waals surface area (Å²) < 4.78 is 11.0. The zero-order valence-corrected chi connectivity index (χ0v) is 10.8. The highest BCUT2D eigenvalue weighted by Gasteiger charge is 2.45. The average molecular weight is 248 g/mol. The zero-order valence-electron chi connectivity index (χ0n) is 10.8. The van der Waals surface area contributed by atoms with Gasteiger partial charge in [0.05, 0.1) is 12.7 Å². The molecule has 0 aromatic heterocycles. The fourth-order valence-electron chi connectivity index (χ4n) is 2.43. The zero-order chi connectivity index (χ0) is 12.6. The number of rotatable bonds is 6. The van der Waals surface area contributed by atoms with Gasteiger partial charge in [-0.2, -0.15) is 0 Å². The van der Waals surface area contributed by atoms with E-state index in [2.05, 4.69) is 0 Å². The second-order valence-electron chi connectivity index (χ2n) is 5.48. The van der Waals surface area contributed by atoms with Crippen LogP contribution in [0.3, 0.4) is 0 Å². The Labute approximate surface area is 108 Å². The summed E-state index contributed by atoms with van der Waals surface area (Å²) in [6.45, 7) is 0.352. The lowest BCUT2D eigenvalue weighted by Crippen LogP contribution is -2.33. The molecule has 1 aromatic rings. The quantitative estimate of drug-likeness (QED) is 0.840. The minimum absolute atomic E-state index is 0.327. The molecule has 1 N–H and O–H groups in total. The summed E-state index contributed by atoms with van der Waals surface area (Å²) in [5, 5.41) is 10.8. The highest BCUT2D eigenvalue weighted by molar-refractivity contribution is 5.34. The van der Waals surface area contributed by atoms with Crippen LogP contribution in [0.25, 0.3) is 0 Å². The summed E-state index contributed by atoms with van der Waals surface area (Å²) in [5.74, 6) is 1.19. The first kappa shape index (κ1) is 12.0. The predicted octanol–water partition coefficient (Wildman–Crippen LogP) is 2.47. The van der Waals surface area contributed by atoms with Crippen LogP contribution in [0.2, 0.25) is 0 Å². The van der Waals surface area contributed by atoms with Gasteiger partial charge in [0.2, 0.25) is 0 Å².